The Morgan fingerprint density at radius 3 is 2.47 bits per heavy atom. The summed E-state index contributed by atoms with van der Waals surface area (Å²) < 4.78 is 1.60. The summed E-state index contributed by atoms with van der Waals surface area (Å²) in [7, 11) is 3.52. The number of amides is 1. The zero-order chi connectivity index (χ0) is 14.0. The predicted molar refractivity (Wildman–Crippen MR) is 71.8 cm³/mol. The van der Waals surface area contributed by atoms with E-state index >= 15 is 0 Å². The summed E-state index contributed by atoms with van der Waals surface area (Å²) in [5, 5.41) is 13.4. The van der Waals surface area contributed by atoms with Crippen LogP contribution in [0.3, 0.4) is 0 Å². The number of aromatic nitrogens is 2. The van der Waals surface area contributed by atoms with E-state index in [9.17, 15) is 9.90 Å². The molecule has 1 aromatic carbocycles. The molecule has 1 aromatic heterocycles. The fraction of sp³-hybridized carbons (Fsp3) is 0.286. The number of aromatic hydroxyl groups is 1. The Labute approximate surface area is 112 Å². The van der Waals surface area contributed by atoms with Crippen LogP contribution in [0.4, 0.5) is 0 Å². The Hall–Kier alpha value is -2.30. The first-order valence-electron chi connectivity index (χ1n) is 6.05. The summed E-state index contributed by atoms with van der Waals surface area (Å²) >= 11 is 0. The Kier molecular flexibility index (Phi) is 3.55. The van der Waals surface area contributed by atoms with Gasteiger partial charge in [0.1, 0.15) is 11.4 Å². The fourth-order valence-electron chi connectivity index (χ4n) is 1.86. The molecule has 0 fully saturated rings. The standard InChI is InChI=1S/C14H17N3O2/c1-10(11-4-6-12(18)7-5-11)17(3)14(19)13-8-9-16(2)15-13/h4-10,18H,1-3H3. The second-order valence-electron chi connectivity index (χ2n) is 4.56. The van der Waals surface area contributed by atoms with Crippen LogP contribution in [0.1, 0.15) is 29.0 Å². The van der Waals surface area contributed by atoms with E-state index in [2.05, 4.69) is 5.10 Å². The number of hydrogen-bond acceptors (Lipinski definition) is 3. The van der Waals surface area contributed by atoms with E-state index in [1.807, 2.05) is 19.1 Å². The van der Waals surface area contributed by atoms with Crippen molar-refractivity contribution in [3.05, 3.63) is 47.8 Å². The summed E-state index contributed by atoms with van der Waals surface area (Å²) in [6, 6.07) is 8.46. The Morgan fingerprint density at radius 2 is 1.95 bits per heavy atom. The van der Waals surface area contributed by atoms with Gasteiger partial charge in [0.2, 0.25) is 0 Å². The normalized spacial score (nSPS) is 12.2. The van der Waals surface area contributed by atoms with E-state index in [1.165, 1.54) is 0 Å². The van der Waals surface area contributed by atoms with Gasteiger partial charge in [-0.15, -0.1) is 0 Å². The Morgan fingerprint density at radius 1 is 1.32 bits per heavy atom. The monoisotopic (exact) mass is 259 g/mol. The number of aryl methyl sites for hydroxylation is 1. The van der Waals surface area contributed by atoms with Crippen LogP contribution in [-0.4, -0.2) is 32.7 Å². The molecule has 19 heavy (non-hydrogen) atoms. The van der Waals surface area contributed by atoms with Crippen LogP contribution in [0.5, 0.6) is 5.75 Å². The highest BCUT2D eigenvalue weighted by Gasteiger charge is 2.20. The van der Waals surface area contributed by atoms with Crippen molar-refractivity contribution >= 4 is 5.91 Å². The smallest absolute Gasteiger partial charge is 0.274 e. The minimum atomic E-state index is -0.124. The maximum atomic E-state index is 12.2. The lowest BCUT2D eigenvalue weighted by molar-refractivity contribution is 0.0736. The van der Waals surface area contributed by atoms with Crippen LogP contribution in [-0.2, 0) is 7.05 Å². The average molecular weight is 259 g/mol. The number of phenolic OH excluding ortho intramolecular Hbond substituents is 1. The van der Waals surface area contributed by atoms with Gasteiger partial charge in [0.25, 0.3) is 5.91 Å². The lowest BCUT2D eigenvalue weighted by atomic mass is 10.1. The molecule has 2 rings (SSSR count). The molecule has 1 unspecified atom stereocenters. The van der Waals surface area contributed by atoms with E-state index in [0.717, 1.165) is 5.56 Å². The van der Waals surface area contributed by atoms with Crippen molar-refractivity contribution in [2.24, 2.45) is 7.05 Å². The molecule has 0 aliphatic rings. The second kappa shape index (κ2) is 5.14. The number of phenols is 1. The molecular weight excluding hydrogens is 242 g/mol. The number of carbonyl (C=O) groups excluding carboxylic acids is 1. The number of nitrogens with zero attached hydrogens (tertiary/aromatic N) is 3. The van der Waals surface area contributed by atoms with Crippen molar-refractivity contribution in [1.29, 1.82) is 0 Å². The van der Waals surface area contributed by atoms with Crippen LogP contribution in [0.15, 0.2) is 36.5 Å². The third-order valence-electron chi connectivity index (χ3n) is 3.21. The largest absolute Gasteiger partial charge is 0.508 e. The minimum Gasteiger partial charge on any atom is -0.508 e. The second-order valence-corrected chi connectivity index (χ2v) is 4.56. The summed E-state index contributed by atoms with van der Waals surface area (Å²) in [6.07, 6.45) is 1.74. The molecule has 1 N–H and O–H groups in total. The van der Waals surface area contributed by atoms with Crippen molar-refractivity contribution in [2.45, 2.75) is 13.0 Å². The SMILES string of the molecule is CC(c1ccc(O)cc1)N(C)C(=O)c1ccn(C)n1. The molecule has 0 saturated carbocycles. The summed E-state index contributed by atoms with van der Waals surface area (Å²) in [4.78, 5) is 13.9. The van der Waals surface area contributed by atoms with Crippen molar-refractivity contribution in [3.8, 4) is 5.75 Å². The highest BCUT2D eigenvalue weighted by atomic mass is 16.3. The van der Waals surface area contributed by atoms with E-state index in [1.54, 1.807) is 48.1 Å². The zero-order valence-corrected chi connectivity index (χ0v) is 11.2. The first kappa shape index (κ1) is 13.1. The predicted octanol–water partition coefficient (Wildman–Crippen LogP) is 1.96. The van der Waals surface area contributed by atoms with Gasteiger partial charge in [0.15, 0.2) is 0 Å². The van der Waals surface area contributed by atoms with Crippen LogP contribution >= 0.6 is 0 Å². The van der Waals surface area contributed by atoms with E-state index in [-0.39, 0.29) is 17.7 Å². The molecule has 0 saturated heterocycles. The topological polar surface area (TPSA) is 58.4 Å². The van der Waals surface area contributed by atoms with Crippen LogP contribution in [0, 0.1) is 0 Å². The summed E-state index contributed by atoms with van der Waals surface area (Å²) in [5.74, 6) is 0.0934. The van der Waals surface area contributed by atoms with Gasteiger partial charge < -0.3 is 10.0 Å². The van der Waals surface area contributed by atoms with Gasteiger partial charge in [0.05, 0.1) is 6.04 Å². The van der Waals surface area contributed by atoms with Crippen LogP contribution < -0.4 is 0 Å². The molecule has 1 atom stereocenters. The molecule has 1 amide bonds. The van der Waals surface area contributed by atoms with Gasteiger partial charge in [-0.1, -0.05) is 12.1 Å². The summed E-state index contributed by atoms with van der Waals surface area (Å²) in [6.45, 7) is 1.94. The Bertz CT molecular complexity index is 575. The van der Waals surface area contributed by atoms with E-state index < -0.39 is 0 Å². The molecular formula is C14H17N3O2. The summed E-state index contributed by atoms with van der Waals surface area (Å²) in [5.41, 5.74) is 1.39. The maximum absolute atomic E-state index is 12.2. The van der Waals surface area contributed by atoms with E-state index in [0.29, 0.717) is 5.69 Å². The molecule has 0 spiro atoms. The minimum absolute atomic E-state index is 0.0879. The highest BCUT2D eigenvalue weighted by molar-refractivity contribution is 5.92. The lowest BCUT2D eigenvalue weighted by Gasteiger charge is -2.24. The van der Waals surface area contributed by atoms with Gasteiger partial charge in [-0.2, -0.15) is 5.10 Å². The number of rotatable bonds is 3. The lowest BCUT2D eigenvalue weighted by Crippen LogP contribution is -2.30. The molecule has 1 heterocycles. The zero-order valence-electron chi connectivity index (χ0n) is 11.2. The van der Waals surface area contributed by atoms with Crippen molar-refractivity contribution in [2.75, 3.05) is 7.05 Å². The third kappa shape index (κ3) is 2.76. The van der Waals surface area contributed by atoms with Crippen LogP contribution in [0.25, 0.3) is 0 Å². The van der Waals surface area contributed by atoms with Gasteiger partial charge in [-0.25, -0.2) is 0 Å². The molecule has 0 bridgehead atoms. The van der Waals surface area contributed by atoms with Crippen molar-refractivity contribution in [1.82, 2.24) is 14.7 Å². The van der Waals surface area contributed by atoms with Crippen molar-refractivity contribution in [3.63, 3.8) is 0 Å². The number of hydrogen-bond donors (Lipinski definition) is 1. The molecule has 100 valence electrons. The Balaban J connectivity index is 2.16. The first-order valence-corrected chi connectivity index (χ1v) is 6.05. The molecule has 0 aliphatic heterocycles. The molecule has 5 heteroatoms. The quantitative estimate of drug-likeness (QED) is 0.916. The number of benzene rings is 1. The van der Waals surface area contributed by atoms with Gasteiger partial charge >= 0.3 is 0 Å². The molecule has 5 nitrogen and oxygen atoms in total. The highest BCUT2D eigenvalue weighted by Crippen LogP contribution is 2.22. The van der Waals surface area contributed by atoms with E-state index in [4.69, 9.17) is 0 Å². The maximum Gasteiger partial charge on any atom is 0.274 e. The average Bonchev–Trinajstić information content (AvgIpc) is 2.84. The van der Waals surface area contributed by atoms with Crippen molar-refractivity contribution < 1.29 is 9.90 Å². The molecule has 2 aromatic rings. The van der Waals surface area contributed by atoms with Gasteiger partial charge in [0, 0.05) is 20.3 Å². The van der Waals surface area contributed by atoms with Crippen LogP contribution in [0.2, 0.25) is 0 Å². The third-order valence-corrected chi connectivity index (χ3v) is 3.21. The number of carbonyl (C=O) groups is 1. The van der Waals surface area contributed by atoms with Gasteiger partial charge in [-0.05, 0) is 30.7 Å². The first-order chi connectivity index (χ1) is 8.99. The fourth-order valence-corrected chi connectivity index (χ4v) is 1.86. The molecule has 0 radical (unpaired) electrons. The molecule has 0 aliphatic carbocycles. The van der Waals surface area contributed by atoms with Gasteiger partial charge in [-0.3, -0.25) is 9.48 Å².